The largest absolute Gasteiger partial charge is 0.323 e. The van der Waals surface area contributed by atoms with E-state index in [1.54, 1.807) is 31.6 Å². The maximum atomic E-state index is 13.2. The molecule has 0 aliphatic heterocycles. The Bertz CT molecular complexity index is 519. The van der Waals surface area contributed by atoms with Gasteiger partial charge in [0.25, 0.3) is 0 Å². The third-order valence-electron chi connectivity index (χ3n) is 2.91. The van der Waals surface area contributed by atoms with Crippen molar-refractivity contribution in [3.63, 3.8) is 0 Å². The van der Waals surface area contributed by atoms with Crippen molar-refractivity contribution in [3.8, 4) is 5.69 Å². The van der Waals surface area contributed by atoms with Crippen molar-refractivity contribution in [2.75, 3.05) is 0 Å². The molecule has 0 radical (unpaired) electrons. The van der Waals surface area contributed by atoms with Gasteiger partial charge in [-0.3, -0.25) is 0 Å². The molecule has 2 aromatic rings. The predicted molar refractivity (Wildman–Crippen MR) is 65.5 cm³/mol. The minimum atomic E-state index is -0.199. The molecule has 0 unspecified atom stereocenters. The van der Waals surface area contributed by atoms with E-state index in [1.165, 1.54) is 6.07 Å². The van der Waals surface area contributed by atoms with Gasteiger partial charge in [0.2, 0.25) is 0 Å². The Labute approximate surface area is 100 Å². The zero-order chi connectivity index (χ0) is 12.4. The SMILES string of the molecule is CC[C@@H](N)c1cncn1-c1ccc(F)c(C)c1. The third kappa shape index (κ3) is 2.22. The van der Waals surface area contributed by atoms with E-state index in [4.69, 9.17) is 5.73 Å². The van der Waals surface area contributed by atoms with Gasteiger partial charge in [-0.1, -0.05) is 6.92 Å². The molecule has 0 bridgehead atoms. The van der Waals surface area contributed by atoms with E-state index in [0.29, 0.717) is 5.56 Å². The van der Waals surface area contributed by atoms with E-state index in [-0.39, 0.29) is 11.9 Å². The highest BCUT2D eigenvalue weighted by molar-refractivity contribution is 5.38. The van der Waals surface area contributed by atoms with Crippen molar-refractivity contribution < 1.29 is 4.39 Å². The van der Waals surface area contributed by atoms with Gasteiger partial charge < -0.3 is 10.3 Å². The molecule has 1 aromatic carbocycles. The van der Waals surface area contributed by atoms with Crippen molar-refractivity contribution in [1.29, 1.82) is 0 Å². The molecule has 17 heavy (non-hydrogen) atoms. The lowest BCUT2D eigenvalue weighted by Gasteiger charge is -2.13. The van der Waals surface area contributed by atoms with E-state index >= 15 is 0 Å². The first kappa shape index (κ1) is 11.8. The summed E-state index contributed by atoms with van der Waals surface area (Å²) in [6.07, 6.45) is 4.30. The Morgan fingerprint density at radius 1 is 1.47 bits per heavy atom. The van der Waals surface area contributed by atoms with Gasteiger partial charge in [-0.25, -0.2) is 9.37 Å². The predicted octanol–water partition coefficient (Wildman–Crippen LogP) is 2.73. The zero-order valence-corrected chi connectivity index (χ0v) is 10.0. The molecule has 2 N–H and O–H groups in total. The third-order valence-corrected chi connectivity index (χ3v) is 2.91. The normalized spacial score (nSPS) is 12.7. The number of aryl methyl sites for hydroxylation is 1. The molecule has 0 spiro atoms. The van der Waals surface area contributed by atoms with E-state index < -0.39 is 0 Å². The highest BCUT2D eigenvalue weighted by Gasteiger charge is 2.11. The summed E-state index contributed by atoms with van der Waals surface area (Å²) in [7, 11) is 0. The first-order chi connectivity index (χ1) is 8.13. The second kappa shape index (κ2) is 4.67. The van der Waals surface area contributed by atoms with Crippen LogP contribution >= 0.6 is 0 Å². The summed E-state index contributed by atoms with van der Waals surface area (Å²) in [6, 6.07) is 4.94. The van der Waals surface area contributed by atoms with E-state index in [1.807, 2.05) is 11.5 Å². The van der Waals surface area contributed by atoms with Crippen LogP contribution in [0, 0.1) is 12.7 Å². The molecule has 1 atom stereocenters. The monoisotopic (exact) mass is 233 g/mol. The summed E-state index contributed by atoms with van der Waals surface area (Å²) in [5.41, 5.74) is 8.46. The van der Waals surface area contributed by atoms with Gasteiger partial charge in [-0.15, -0.1) is 0 Å². The number of benzene rings is 1. The Morgan fingerprint density at radius 3 is 2.88 bits per heavy atom. The van der Waals surface area contributed by atoms with Gasteiger partial charge in [0.05, 0.1) is 18.2 Å². The summed E-state index contributed by atoms with van der Waals surface area (Å²) >= 11 is 0. The van der Waals surface area contributed by atoms with Crippen LogP contribution in [-0.4, -0.2) is 9.55 Å². The molecule has 4 heteroatoms. The van der Waals surface area contributed by atoms with E-state index in [2.05, 4.69) is 4.98 Å². The summed E-state index contributed by atoms with van der Waals surface area (Å²) in [6.45, 7) is 3.77. The van der Waals surface area contributed by atoms with Crippen LogP contribution in [0.2, 0.25) is 0 Å². The van der Waals surface area contributed by atoms with Gasteiger partial charge in [0.1, 0.15) is 5.82 Å². The molecular formula is C13H16FN3. The van der Waals surface area contributed by atoms with Crippen LogP contribution in [0.4, 0.5) is 4.39 Å². The number of aromatic nitrogens is 2. The zero-order valence-electron chi connectivity index (χ0n) is 10.0. The molecule has 0 saturated heterocycles. The summed E-state index contributed by atoms with van der Waals surface area (Å²) < 4.78 is 15.1. The number of nitrogens with two attached hydrogens (primary N) is 1. The number of hydrogen-bond donors (Lipinski definition) is 1. The van der Waals surface area contributed by atoms with Crippen LogP contribution in [0.5, 0.6) is 0 Å². The van der Waals surface area contributed by atoms with Crippen molar-refractivity contribution >= 4 is 0 Å². The number of rotatable bonds is 3. The Balaban J connectivity index is 2.46. The van der Waals surface area contributed by atoms with E-state index in [9.17, 15) is 4.39 Å². The number of halogens is 1. The molecule has 0 aliphatic rings. The minimum absolute atomic E-state index is 0.0529. The minimum Gasteiger partial charge on any atom is -0.323 e. The number of hydrogen-bond acceptors (Lipinski definition) is 2. The van der Waals surface area contributed by atoms with Crippen LogP contribution in [0.25, 0.3) is 5.69 Å². The van der Waals surface area contributed by atoms with Crippen molar-refractivity contribution in [2.45, 2.75) is 26.3 Å². The van der Waals surface area contributed by atoms with Crippen LogP contribution in [-0.2, 0) is 0 Å². The molecule has 2 rings (SSSR count). The molecule has 3 nitrogen and oxygen atoms in total. The van der Waals surface area contributed by atoms with Crippen LogP contribution in [0.1, 0.15) is 30.6 Å². The van der Waals surface area contributed by atoms with Gasteiger partial charge in [-0.2, -0.15) is 0 Å². The van der Waals surface area contributed by atoms with Crippen LogP contribution in [0.15, 0.2) is 30.7 Å². The Kier molecular flexibility index (Phi) is 3.24. The topological polar surface area (TPSA) is 43.8 Å². The average molecular weight is 233 g/mol. The van der Waals surface area contributed by atoms with Gasteiger partial charge >= 0.3 is 0 Å². The summed E-state index contributed by atoms with van der Waals surface area (Å²) in [5, 5.41) is 0. The van der Waals surface area contributed by atoms with Gasteiger partial charge in [-0.05, 0) is 37.1 Å². The summed E-state index contributed by atoms with van der Waals surface area (Å²) in [4.78, 5) is 4.11. The average Bonchev–Trinajstić information content (AvgIpc) is 2.80. The fourth-order valence-corrected chi connectivity index (χ4v) is 1.78. The highest BCUT2D eigenvalue weighted by atomic mass is 19.1. The first-order valence-corrected chi connectivity index (χ1v) is 5.67. The van der Waals surface area contributed by atoms with Gasteiger partial charge in [0.15, 0.2) is 0 Å². The van der Waals surface area contributed by atoms with E-state index in [0.717, 1.165) is 17.8 Å². The van der Waals surface area contributed by atoms with Crippen molar-refractivity contribution in [1.82, 2.24) is 9.55 Å². The second-order valence-corrected chi connectivity index (χ2v) is 4.14. The lowest BCUT2D eigenvalue weighted by molar-refractivity contribution is 0.617. The lowest BCUT2D eigenvalue weighted by Crippen LogP contribution is -2.13. The standard InChI is InChI=1S/C13H16FN3/c1-3-12(15)13-7-16-8-17(13)10-4-5-11(14)9(2)6-10/h4-8,12H,3,15H2,1-2H3/t12-/m1/s1. The molecule has 90 valence electrons. The number of imidazole rings is 1. The smallest absolute Gasteiger partial charge is 0.126 e. The molecule has 0 fully saturated rings. The maximum absolute atomic E-state index is 13.2. The molecule has 1 heterocycles. The molecule has 1 aromatic heterocycles. The Morgan fingerprint density at radius 2 is 2.24 bits per heavy atom. The first-order valence-electron chi connectivity index (χ1n) is 5.67. The maximum Gasteiger partial charge on any atom is 0.126 e. The Hall–Kier alpha value is -1.68. The molecular weight excluding hydrogens is 217 g/mol. The van der Waals surface area contributed by atoms with Crippen LogP contribution < -0.4 is 5.73 Å². The molecule has 0 aliphatic carbocycles. The number of nitrogens with zero attached hydrogens (tertiary/aromatic N) is 2. The highest BCUT2D eigenvalue weighted by Crippen LogP contribution is 2.20. The van der Waals surface area contributed by atoms with Crippen molar-refractivity contribution in [2.24, 2.45) is 5.73 Å². The quantitative estimate of drug-likeness (QED) is 0.885. The lowest BCUT2D eigenvalue weighted by atomic mass is 10.1. The fraction of sp³-hybridized carbons (Fsp3) is 0.308. The molecule has 0 saturated carbocycles. The van der Waals surface area contributed by atoms with Gasteiger partial charge in [0, 0.05) is 11.7 Å². The second-order valence-electron chi connectivity index (χ2n) is 4.14. The fourth-order valence-electron chi connectivity index (χ4n) is 1.78. The summed E-state index contributed by atoms with van der Waals surface area (Å²) in [5.74, 6) is -0.199. The molecule has 0 amide bonds. The van der Waals surface area contributed by atoms with Crippen LogP contribution in [0.3, 0.4) is 0 Å². The van der Waals surface area contributed by atoms with Crippen molar-refractivity contribution in [3.05, 3.63) is 47.8 Å².